The van der Waals surface area contributed by atoms with Gasteiger partial charge in [-0.15, -0.1) is 0 Å². The molecule has 2 N–H and O–H groups in total. The van der Waals surface area contributed by atoms with Gasteiger partial charge in [-0.05, 0) is 61.3 Å². The summed E-state index contributed by atoms with van der Waals surface area (Å²) >= 11 is 0. The molecule has 0 radical (unpaired) electrons. The smallest absolute Gasteiger partial charge is 0.123 e. The average molecular weight is 249 g/mol. The van der Waals surface area contributed by atoms with E-state index >= 15 is 0 Å². The van der Waals surface area contributed by atoms with E-state index in [1.54, 1.807) is 12.1 Å². The van der Waals surface area contributed by atoms with E-state index in [0.717, 1.165) is 17.9 Å². The van der Waals surface area contributed by atoms with E-state index in [0.29, 0.717) is 5.92 Å². The zero-order valence-corrected chi connectivity index (χ0v) is 11.5. The SMILES string of the molecule is Cc1cc(F)ccc1CC(N)C1CCCC(C)C1. The van der Waals surface area contributed by atoms with Crippen LogP contribution in [0.25, 0.3) is 0 Å². The second kappa shape index (κ2) is 5.83. The van der Waals surface area contributed by atoms with Gasteiger partial charge in [0.15, 0.2) is 0 Å². The summed E-state index contributed by atoms with van der Waals surface area (Å²) in [5.41, 5.74) is 8.57. The average Bonchev–Trinajstić information content (AvgIpc) is 2.32. The maximum atomic E-state index is 13.1. The van der Waals surface area contributed by atoms with Crippen molar-refractivity contribution in [3.05, 3.63) is 35.1 Å². The molecule has 1 aromatic rings. The van der Waals surface area contributed by atoms with Crippen molar-refractivity contribution < 1.29 is 4.39 Å². The Bertz CT molecular complexity index is 402. The van der Waals surface area contributed by atoms with Gasteiger partial charge < -0.3 is 5.73 Å². The minimum atomic E-state index is -0.156. The fraction of sp³-hybridized carbons (Fsp3) is 0.625. The monoisotopic (exact) mass is 249 g/mol. The summed E-state index contributed by atoms with van der Waals surface area (Å²) in [6.45, 7) is 4.29. The lowest BCUT2D eigenvalue weighted by Gasteiger charge is -2.31. The van der Waals surface area contributed by atoms with E-state index in [9.17, 15) is 4.39 Å². The molecule has 1 fully saturated rings. The van der Waals surface area contributed by atoms with Crippen molar-refractivity contribution in [2.45, 2.75) is 52.0 Å². The summed E-state index contributed by atoms with van der Waals surface area (Å²) < 4.78 is 13.1. The second-order valence-electron chi connectivity index (χ2n) is 5.97. The number of aryl methyl sites for hydroxylation is 1. The van der Waals surface area contributed by atoms with Crippen molar-refractivity contribution in [3.8, 4) is 0 Å². The summed E-state index contributed by atoms with van der Waals surface area (Å²) in [5, 5.41) is 0. The molecule has 2 rings (SSSR count). The first-order valence-electron chi connectivity index (χ1n) is 7.07. The van der Waals surface area contributed by atoms with Gasteiger partial charge in [-0.2, -0.15) is 0 Å². The fourth-order valence-corrected chi connectivity index (χ4v) is 3.18. The minimum Gasteiger partial charge on any atom is -0.327 e. The molecule has 1 aliphatic rings. The molecule has 3 unspecified atom stereocenters. The van der Waals surface area contributed by atoms with Crippen LogP contribution in [0.1, 0.15) is 43.7 Å². The molecule has 0 spiro atoms. The lowest BCUT2D eigenvalue weighted by Crippen LogP contribution is -2.35. The van der Waals surface area contributed by atoms with Gasteiger partial charge in [0.05, 0.1) is 0 Å². The van der Waals surface area contributed by atoms with Gasteiger partial charge in [0.2, 0.25) is 0 Å². The van der Waals surface area contributed by atoms with E-state index in [2.05, 4.69) is 6.92 Å². The van der Waals surface area contributed by atoms with Crippen LogP contribution >= 0.6 is 0 Å². The fourth-order valence-electron chi connectivity index (χ4n) is 3.18. The Morgan fingerprint density at radius 2 is 2.17 bits per heavy atom. The van der Waals surface area contributed by atoms with Crippen LogP contribution in [-0.2, 0) is 6.42 Å². The molecular weight excluding hydrogens is 225 g/mol. The first-order valence-corrected chi connectivity index (χ1v) is 7.07. The third-order valence-corrected chi connectivity index (χ3v) is 4.34. The number of hydrogen-bond donors (Lipinski definition) is 1. The highest BCUT2D eigenvalue weighted by Gasteiger charge is 2.24. The van der Waals surface area contributed by atoms with Crippen molar-refractivity contribution in [1.29, 1.82) is 0 Å². The second-order valence-corrected chi connectivity index (χ2v) is 5.97. The highest BCUT2D eigenvalue weighted by molar-refractivity contribution is 5.27. The third-order valence-electron chi connectivity index (χ3n) is 4.34. The van der Waals surface area contributed by atoms with Crippen LogP contribution in [0.5, 0.6) is 0 Å². The molecule has 0 bridgehead atoms. The Morgan fingerprint density at radius 3 is 2.83 bits per heavy atom. The van der Waals surface area contributed by atoms with Crippen LogP contribution in [-0.4, -0.2) is 6.04 Å². The molecule has 1 aliphatic carbocycles. The summed E-state index contributed by atoms with van der Waals surface area (Å²) in [6.07, 6.45) is 6.04. The van der Waals surface area contributed by atoms with Crippen molar-refractivity contribution in [2.24, 2.45) is 17.6 Å². The lowest BCUT2D eigenvalue weighted by molar-refractivity contribution is 0.245. The van der Waals surface area contributed by atoms with Crippen LogP contribution < -0.4 is 5.73 Å². The molecule has 0 saturated heterocycles. The predicted molar refractivity (Wildman–Crippen MR) is 73.9 cm³/mol. The zero-order chi connectivity index (χ0) is 13.1. The molecule has 0 aliphatic heterocycles. The summed E-state index contributed by atoms with van der Waals surface area (Å²) in [5.74, 6) is 1.29. The van der Waals surface area contributed by atoms with Crippen molar-refractivity contribution >= 4 is 0 Å². The quantitative estimate of drug-likeness (QED) is 0.865. The first kappa shape index (κ1) is 13.5. The summed E-state index contributed by atoms with van der Waals surface area (Å²) in [4.78, 5) is 0. The number of benzene rings is 1. The topological polar surface area (TPSA) is 26.0 Å². The number of nitrogens with two attached hydrogens (primary N) is 1. The minimum absolute atomic E-state index is 0.156. The molecule has 0 aromatic heterocycles. The van der Waals surface area contributed by atoms with Gasteiger partial charge in [-0.3, -0.25) is 0 Å². The molecule has 18 heavy (non-hydrogen) atoms. The standard InChI is InChI=1S/C16H24FN/c1-11-4-3-5-14(8-11)16(18)10-13-6-7-15(17)9-12(13)2/h6-7,9,11,14,16H,3-5,8,10,18H2,1-2H3. The molecule has 2 heteroatoms. The molecule has 1 nitrogen and oxygen atoms in total. The van der Waals surface area contributed by atoms with Gasteiger partial charge >= 0.3 is 0 Å². The molecule has 100 valence electrons. The lowest BCUT2D eigenvalue weighted by atomic mass is 9.77. The van der Waals surface area contributed by atoms with Crippen LogP contribution in [0.2, 0.25) is 0 Å². The molecular formula is C16H24FN. The number of hydrogen-bond acceptors (Lipinski definition) is 1. The Hall–Kier alpha value is -0.890. The van der Waals surface area contributed by atoms with E-state index in [4.69, 9.17) is 5.73 Å². The summed E-state index contributed by atoms with van der Waals surface area (Å²) in [6, 6.07) is 5.25. The largest absolute Gasteiger partial charge is 0.327 e. The van der Waals surface area contributed by atoms with Gasteiger partial charge in [0.25, 0.3) is 0 Å². The van der Waals surface area contributed by atoms with Crippen molar-refractivity contribution in [1.82, 2.24) is 0 Å². The maximum absolute atomic E-state index is 13.1. The van der Waals surface area contributed by atoms with Gasteiger partial charge in [0, 0.05) is 6.04 Å². The van der Waals surface area contributed by atoms with Crippen molar-refractivity contribution in [2.75, 3.05) is 0 Å². The van der Waals surface area contributed by atoms with Crippen molar-refractivity contribution in [3.63, 3.8) is 0 Å². The number of rotatable bonds is 3. The predicted octanol–water partition coefficient (Wildman–Crippen LogP) is 3.83. The highest BCUT2D eigenvalue weighted by atomic mass is 19.1. The van der Waals surface area contributed by atoms with Gasteiger partial charge in [-0.25, -0.2) is 4.39 Å². The molecule has 1 aromatic carbocycles. The Morgan fingerprint density at radius 1 is 1.39 bits per heavy atom. The zero-order valence-electron chi connectivity index (χ0n) is 11.5. The van der Waals surface area contributed by atoms with Crippen LogP contribution in [0.15, 0.2) is 18.2 Å². The van der Waals surface area contributed by atoms with Crippen LogP contribution in [0.3, 0.4) is 0 Å². The van der Waals surface area contributed by atoms with Crippen LogP contribution in [0, 0.1) is 24.6 Å². The Kier molecular flexibility index (Phi) is 4.39. The van der Waals surface area contributed by atoms with E-state index in [1.165, 1.54) is 31.2 Å². The highest BCUT2D eigenvalue weighted by Crippen LogP contribution is 2.31. The first-order chi connectivity index (χ1) is 8.56. The van der Waals surface area contributed by atoms with E-state index in [-0.39, 0.29) is 11.9 Å². The van der Waals surface area contributed by atoms with E-state index in [1.807, 2.05) is 13.0 Å². The Balaban J connectivity index is 1.99. The molecule has 3 atom stereocenters. The van der Waals surface area contributed by atoms with Gasteiger partial charge in [0.1, 0.15) is 5.82 Å². The molecule has 0 heterocycles. The maximum Gasteiger partial charge on any atom is 0.123 e. The molecule has 0 amide bonds. The summed E-state index contributed by atoms with van der Waals surface area (Å²) in [7, 11) is 0. The number of halogens is 1. The molecule has 1 saturated carbocycles. The van der Waals surface area contributed by atoms with E-state index < -0.39 is 0 Å². The third kappa shape index (κ3) is 3.32. The van der Waals surface area contributed by atoms with Crippen LogP contribution in [0.4, 0.5) is 4.39 Å². The normalized spacial score (nSPS) is 26.0. The van der Waals surface area contributed by atoms with Gasteiger partial charge in [-0.1, -0.05) is 25.8 Å². The Labute approximate surface area is 110 Å².